The number of nitrogens with one attached hydrogen (secondary N) is 1. The maximum atomic E-state index is 12.3. The Kier molecular flexibility index (Phi) is 4.36. The van der Waals surface area contributed by atoms with Crippen molar-refractivity contribution in [1.82, 2.24) is 0 Å². The van der Waals surface area contributed by atoms with E-state index in [2.05, 4.69) is 5.32 Å². The zero-order valence-corrected chi connectivity index (χ0v) is 13.1. The van der Waals surface area contributed by atoms with E-state index in [-0.39, 0.29) is 22.4 Å². The molecule has 0 spiro atoms. The molecule has 3 nitrogen and oxygen atoms in total. The highest BCUT2D eigenvalue weighted by molar-refractivity contribution is 8.00. The van der Waals surface area contributed by atoms with Gasteiger partial charge >= 0.3 is 5.51 Å². The largest absolute Gasteiger partial charge is 0.446 e. The third kappa shape index (κ3) is 3.62. The Hall–Kier alpha value is -2.28. The van der Waals surface area contributed by atoms with Gasteiger partial charge < -0.3 is 5.32 Å². The second-order valence-corrected chi connectivity index (χ2v) is 6.48. The first-order valence-corrected chi connectivity index (χ1v) is 7.94. The van der Waals surface area contributed by atoms with Gasteiger partial charge in [0.15, 0.2) is 5.78 Å². The number of Topliss-reactive ketones (excluding diaryl/α,β-unsaturated/α-hetero) is 1. The fourth-order valence-electron chi connectivity index (χ4n) is 2.62. The van der Waals surface area contributed by atoms with Gasteiger partial charge in [0.2, 0.25) is 5.91 Å². The molecule has 0 aromatic heterocycles. The smallest absolute Gasteiger partial charge is 0.325 e. The van der Waals surface area contributed by atoms with Crippen molar-refractivity contribution in [1.29, 1.82) is 0 Å². The van der Waals surface area contributed by atoms with E-state index in [0.29, 0.717) is 17.7 Å². The maximum absolute atomic E-state index is 12.3. The number of ketones is 1. The molecule has 24 heavy (non-hydrogen) atoms. The molecule has 0 saturated heterocycles. The predicted octanol–water partition coefficient (Wildman–Crippen LogP) is 4.29. The number of hydrogen-bond donors (Lipinski definition) is 1. The van der Waals surface area contributed by atoms with Gasteiger partial charge in [0.05, 0.1) is 0 Å². The molecule has 0 radical (unpaired) electrons. The van der Waals surface area contributed by atoms with Crippen LogP contribution in [0.15, 0.2) is 53.4 Å². The minimum absolute atomic E-state index is 0.0323. The summed E-state index contributed by atoms with van der Waals surface area (Å²) in [6.45, 7) is 0. The van der Waals surface area contributed by atoms with Crippen LogP contribution in [0.2, 0.25) is 0 Å². The second kappa shape index (κ2) is 6.32. The monoisotopic (exact) mass is 351 g/mol. The molecule has 1 amide bonds. The van der Waals surface area contributed by atoms with Crippen LogP contribution in [0.5, 0.6) is 0 Å². The molecule has 124 valence electrons. The van der Waals surface area contributed by atoms with Gasteiger partial charge in [-0.2, -0.15) is 13.2 Å². The molecule has 2 aromatic rings. The first-order chi connectivity index (χ1) is 11.3. The Labute approximate surface area is 140 Å². The normalized spacial score (nSPS) is 16.8. The molecule has 3 rings (SSSR count). The van der Waals surface area contributed by atoms with E-state index in [4.69, 9.17) is 0 Å². The van der Waals surface area contributed by atoms with E-state index in [1.165, 1.54) is 24.3 Å². The van der Waals surface area contributed by atoms with Crippen LogP contribution in [0, 0.1) is 5.92 Å². The van der Waals surface area contributed by atoms with Crippen molar-refractivity contribution in [3.8, 4) is 0 Å². The number of carbonyl (C=O) groups is 2. The highest BCUT2D eigenvalue weighted by atomic mass is 32.2. The van der Waals surface area contributed by atoms with Crippen LogP contribution >= 0.6 is 11.8 Å². The van der Waals surface area contributed by atoms with Crippen molar-refractivity contribution in [2.75, 3.05) is 5.32 Å². The minimum atomic E-state index is -4.35. The number of thioether (sulfide) groups is 1. The highest BCUT2D eigenvalue weighted by Gasteiger charge is 2.35. The van der Waals surface area contributed by atoms with Crippen molar-refractivity contribution >= 4 is 29.1 Å². The summed E-state index contributed by atoms with van der Waals surface area (Å²) >= 11 is -0.221. The van der Waals surface area contributed by atoms with Crippen molar-refractivity contribution in [3.05, 3.63) is 59.7 Å². The molecule has 0 aliphatic heterocycles. The van der Waals surface area contributed by atoms with E-state index >= 15 is 0 Å². The first kappa shape index (κ1) is 16.6. The van der Waals surface area contributed by atoms with Crippen molar-refractivity contribution in [2.24, 2.45) is 5.92 Å². The van der Waals surface area contributed by atoms with Crippen LogP contribution < -0.4 is 5.32 Å². The number of carbonyl (C=O) groups excluding carboxylic acids is 2. The van der Waals surface area contributed by atoms with Gasteiger partial charge in [0.1, 0.15) is 5.92 Å². The zero-order valence-electron chi connectivity index (χ0n) is 12.3. The van der Waals surface area contributed by atoms with Crippen LogP contribution in [0.25, 0.3) is 0 Å². The van der Waals surface area contributed by atoms with E-state index in [1.54, 1.807) is 12.1 Å². The van der Waals surface area contributed by atoms with Crippen molar-refractivity contribution in [2.45, 2.75) is 16.8 Å². The molecule has 1 aliphatic carbocycles. The molecule has 1 aliphatic rings. The third-order valence-electron chi connectivity index (χ3n) is 3.70. The van der Waals surface area contributed by atoms with Gasteiger partial charge in [-0.05, 0) is 48.0 Å². The Balaban J connectivity index is 1.67. The average molecular weight is 351 g/mol. The lowest BCUT2D eigenvalue weighted by atomic mass is 10.0. The Morgan fingerprint density at radius 2 is 1.75 bits per heavy atom. The fourth-order valence-corrected chi connectivity index (χ4v) is 3.16. The first-order valence-electron chi connectivity index (χ1n) is 7.12. The Morgan fingerprint density at radius 3 is 2.38 bits per heavy atom. The number of rotatable bonds is 3. The van der Waals surface area contributed by atoms with Gasteiger partial charge in [0, 0.05) is 16.1 Å². The molecule has 2 aromatic carbocycles. The second-order valence-electron chi connectivity index (χ2n) is 5.34. The Bertz CT molecular complexity index is 787. The van der Waals surface area contributed by atoms with Gasteiger partial charge in [0.25, 0.3) is 0 Å². The molecule has 0 bridgehead atoms. The number of anilines is 1. The van der Waals surface area contributed by atoms with Crippen LogP contribution in [-0.2, 0) is 11.2 Å². The molecule has 1 N–H and O–H groups in total. The van der Waals surface area contributed by atoms with Gasteiger partial charge in [-0.1, -0.05) is 24.3 Å². The molecule has 1 atom stereocenters. The van der Waals surface area contributed by atoms with E-state index in [0.717, 1.165) is 5.56 Å². The quantitative estimate of drug-likeness (QED) is 0.663. The lowest BCUT2D eigenvalue weighted by Crippen LogP contribution is -2.27. The number of hydrogen-bond acceptors (Lipinski definition) is 3. The number of fused-ring (bicyclic) bond motifs is 1. The van der Waals surface area contributed by atoms with Crippen LogP contribution in [-0.4, -0.2) is 17.2 Å². The number of halogens is 3. The highest BCUT2D eigenvalue weighted by Crippen LogP contribution is 2.37. The number of alkyl halides is 3. The lowest BCUT2D eigenvalue weighted by molar-refractivity contribution is -0.118. The fraction of sp³-hybridized carbons (Fsp3) is 0.176. The summed E-state index contributed by atoms with van der Waals surface area (Å²) in [5.74, 6) is -1.48. The predicted molar refractivity (Wildman–Crippen MR) is 85.0 cm³/mol. The molecule has 0 heterocycles. The summed E-state index contributed by atoms with van der Waals surface area (Å²) in [5.41, 5.74) is -2.61. The average Bonchev–Trinajstić information content (AvgIpc) is 2.85. The van der Waals surface area contributed by atoms with Crippen molar-refractivity contribution < 1.29 is 22.8 Å². The molecule has 1 unspecified atom stereocenters. The summed E-state index contributed by atoms with van der Waals surface area (Å²) in [4.78, 5) is 24.6. The van der Waals surface area contributed by atoms with Gasteiger partial charge in [-0.15, -0.1) is 0 Å². The summed E-state index contributed by atoms with van der Waals surface area (Å²) in [6.07, 6.45) is 0.336. The van der Waals surface area contributed by atoms with E-state index < -0.39 is 17.3 Å². The van der Waals surface area contributed by atoms with Gasteiger partial charge in [-0.25, -0.2) is 0 Å². The van der Waals surface area contributed by atoms with Gasteiger partial charge in [-0.3, -0.25) is 9.59 Å². The van der Waals surface area contributed by atoms with E-state index in [1.807, 2.05) is 12.1 Å². The number of benzene rings is 2. The SMILES string of the molecule is O=C(Nc1ccc(SC(F)(F)F)cc1)C1Cc2ccccc2C1=O. The standard InChI is InChI=1S/C17H12F3NO2S/c18-17(19,20)24-12-7-5-11(6-8-12)21-16(23)14-9-10-3-1-2-4-13(10)15(14)22/h1-8,14H,9H2,(H,21,23). The summed E-state index contributed by atoms with van der Waals surface area (Å²) < 4.78 is 36.9. The zero-order chi connectivity index (χ0) is 17.3. The summed E-state index contributed by atoms with van der Waals surface area (Å²) in [7, 11) is 0. The molecule has 7 heteroatoms. The number of amides is 1. The maximum Gasteiger partial charge on any atom is 0.446 e. The lowest BCUT2D eigenvalue weighted by Gasteiger charge is -2.10. The summed E-state index contributed by atoms with van der Waals surface area (Å²) in [6, 6.07) is 12.4. The van der Waals surface area contributed by atoms with E-state index in [9.17, 15) is 22.8 Å². The summed E-state index contributed by atoms with van der Waals surface area (Å²) in [5, 5.41) is 2.59. The Morgan fingerprint density at radius 1 is 1.08 bits per heavy atom. The van der Waals surface area contributed by atoms with Crippen LogP contribution in [0.3, 0.4) is 0 Å². The third-order valence-corrected chi connectivity index (χ3v) is 4.43. The van der Waals surface area contributed by atoms with Crippen LogP contribution in [0.1, 0.15) is 15.9 Å². The molecule has 0 saturated carbocycles. The molecular formula is C17H12F3NO2S. The van der Waals surface area contributed by atoms with Crippen LogP contribution in [0.4, 0.5) is 18.9 Å². The van der Waals surface area contributed by atoms with Crippen molar-refractivity contribution in [3.63, 3.8) is 0 Å². The minimum Gasteiger partial charge on any atom is -0.325 e. The topological polar surface area (TPSA) is 46.2 Å². The molecular weight excluding hydrogens is 339 g/mol. The molecule has 0 fully saturated rings.